The Hall–Kier alpha value is -3.09. The summed E-state index contributed by atoms with van der Waals surface area (Å²) in [6.45, 7) is 7.27. The number of hydrogen-bond donors (Lipinski definition) is 2. The van der Waals surface area contributed by atoms with Crippen molar-refractivity contribution < 1.29 is 23.5 Å². The highest BCUT2D eigenvalue weighted by Gasteiger charge is 2.16. The summed E-state index contributed by atoms with van der Waals surface area (Å²) < 4.78 is 10.1. The standard InChI is InChI=1S/C21H26N2O5/c1-14(17-6-5-11-27-17)23-18(24)13-28-19(25)12-22-20(26)15-7-9-16(10-8-15)21(2,3)4/h5-11,14H,12-13H2,1-4H3,(H,22,26)(H,23,24)/t14-/m1/s1. The summed E-state index contributed by atoms with van der Waals surface area (Å²) >= 11 is 0. The average Bonchev–Trinajstić information content (AvgIpc) is 3.18. The first-order valence-electron chi connectivity index (χ1n) is 9.04. The molecule has 0 unspecified atom stereocenters. The average molecular weight is 386 g/mol. The van der Waals surface area contributed by atoms with Crippen molar-refractivity contribution in [3.05, 3.63) is 59.5 Å². The maximum Gasteiger partial charge on any atom is 0.325 e. The van der Waals surface area contributed by atoms with Gasteiger partial charge in [-0.2, -0.15) is 0 Å². The van der Waals surface area contributed by atoms with Crippen LogP contribution in [0.2, 0.25) is 0 Å². The molecular formula is C21H26N2O5. The zero-order valence-electron chi connectivity index (χ0n) is 16.6. The molecule has 150 valence electrons. The van der Waals surface area contributed by atoms with Crippen molar-refractivity contribution in [1.82, 2.24) is 10.6 Å². The molecule has 7 nitrogen and oxygen atoms in total. The number of benzene rings is 1. The highest BCUT2D eigenvalue weighted by atomic mass is 16.5. The van der Waals surface area contributed by atoms with Gasteiger partial charge < -0.3 is 19.8 Å². The third-order valence-electron chi connectivity index (χ3n) is 4.12. The van der Waals surface area contributed by atoms with Gasteiger partial charge in [-0.25, -0.2) is 0 Å². The van der Waals surface area contributed by atoms with Crippen molar-refractivity contribution in [2.45, 2.75) is 39.2 Å². The largest absolute Gasteiger partial charge is 0.467 e. The van der Waals surface area contributed by atoms with Gasteiger partial charge in [-0.3, -0.25) is 14.4 Å². The van der Waals surface area contributed by atoms with Crippen LogP contribution in [0.3, 0.4) is 0 Å². The minimum Gasteiger partial charge on any atom is -0.467 e. The second-order valence-electron chi connectivity index (χ2n) is 7.48. The molecule has 0 aliphatic heterocycles. The molecule has 2 amide bonds. The van der Waals surface area contributed by atoms with E-state index in [0.717, 1.165) is 5.56 Å². The topological polar surface area (TPSA) is 97.6 Å². The lowest BCUT2D eigenvalue weighted by Gasteiger charge is -2.19. The number of carbonyl (C=O) groups excluding carboxylic acids is 3. The van der Waals surface area contributed by atoms with Gasteiger partial charge in [0.1, 0.15) is 12.3 Å². The Kier molecular flexibility index (Phi) is 6.98. The molecule has 1 heterocycles. The van der Waals surface area contributed by atoms with E-state index in [0.29, 0.717) is 11.3 Å². The molecule has 28 heavy (non-hydrogen) atoms. The highest BCUT2D eigenvalue weighted by Crippen LogP contribution is 2.22. The Balaban J connectivity index is 1.73. The van der Waals surface area contributed by atoms with Gasteiger partial charge in [-0.1, -0.05) is 32.9 Å². The lowest BCUT2D eigenvalue weighted by Crippen LogP contribution is -2.34. The van der Waals surface area contributed by atoms with Crippen LogP contribution in [0.15, 0.2) is 47.1 Å². The molecule has 2 rings (SSSR count). The number of nitrogens with one attached hydrogen (secondary N) is 2. The van der Waals surface area contributed by atoms with Crippen LogP contribution in [0.4, 0.5) is 0 Å². The third-order valence-corrected chi connectivity index (χ3v) is 4.12. The zero-order valence-corrected chi connectivity index (χ0v) is 16.6. The van der Waals surface area contributed by atoms with Gasteiger partial charge in [0.15, 0.2) is 6.61 Å². The van der Waals surface area contributed by atoms with E-state index in [1.165, 1.54) is 6.26 Å². The van der Waals surface area contributed by atoms with E-state index in [1.807, 2.05) is 12.1 Å². The van der Waals surface area contributed by atoms with Crippen molar-refractivity contribution in [2.75, 3.05) is 13.2 Å². The summed E-state index contributed by atoms with van der Waals surface area (Å²) in [5, 5.41) is 5.13. The summed E-state index contributed by atoms with van der Waals surface area (Å²) in [6.07, 6.45) is 1.51. The molecule has 0 radical (unpaired) electrons. The summed E-state index contributed by atoms with van der Waals surface area (Å²) in [5.74, 6) is -0.931. The maximum atomic E-state index is 12.1. The van der Waals surface area contributed by atoms with E-state index in [-0.39, 0.29) is 23.9 Å². The fourth-order valence-electron chi connectivity index (χ4n) is 2.47. The molecule has 2 N–H and O–H groups in total. The molecule has 1 aromatic heterocycles. The number of rotatable bonds is 7. The Morgan fingerprint density at radius 3 is 2.36 bits per heavy atom. The summed E-state index contributed by atoms with van der Waals surface area (Å²) in [4.78, 5) is 35.7. The normalized spacial score (nSPS) is 12.1. The molecule has 1 aromatic carbocycles. The van der Waals surface area contributed by atoms with Gasteiger partial charge in [0, 0.05) is 5.56 Å². The quantitative estimate of drug-likeness (QED) is 0.713. The minimum absolute atomic E-state index is 0.00613. The number of hydrogen-bond acceptors (Lipinski definition) is 5. The number of furan rings is 1. The Morgan fingerprint density at radius 2 is 1.79 bits per heavy atom. The fraction of sp³-hybridized carbons (Fsp3) is 0.381. The third kappa shape index (κ3) is 6.26. The first kappa shape index (κ1) is 21.2. The van der Waals surface area contributed by atoms with E-state index in [1.54, 1.807) is 31.2 Å². The van der Waals surface area contributed by atoms with Gasteiger partial charge in [-0.05, 0) is 42.2 Å². The van der Waals surface area contributed by atoms with Crippen LogP contribution in [0, 0.1) is 0 Å². The molecule has 0 bridgehead atoms. The SMILES string of the molecule is C[C@@H](NC(=O)COC(=O)CNC(=O)c1ccc(C(C)(C)C)cc1)c1ccco1. The van der Waals surface area contributed by atoms with E-state index in [2.05, 4.69) is 31.4 Å². The van der Waals surface area contributed by atoms with Gasteiger partial charge >= 0.3 is 5.97 Å². The molecule has 7 heteroatoms. The van der Waals surface area contributed by atoms with Crippen LogP contribution < -0.4 is 10.6 Å². The monoisotopic (exact) mass is 386 g/mol. The van der Waals surface area contributed by atoms with Crippen LogP contribution >= 0.6 is 0 Å². The Bertz CT molecular complexity index is 804. The molecule has 0 aliphatic carbocycles. The van der Waals surface area contributed by atoms with Crippen LogP contribution in [0.1, 0.15) is 55.4 Å². The van der Waals surface area contributed by atoms with Gasteiger partial charge in [0.25, 0.3) is 11.8 Å². The lowest BCUT2D eigenvalue weighted by molar-refractivity contribution is -0.147. The van der Waals surface area contributed by atoms with Gasteiger partial charge in [0.05, 0.1) is 12.3 Å². The molecule has 0 fully saturated rings. The number of amides is 2. The van der Waals surface area contributed by atoms with Crippen molar-refractivity contribution in [3.8, 4) is 0 Å². The fourth-order valence-corrected chi connectivity index (χ4v) is 2.47. The number of carbonyl (C=O) groups is 3. The molecule has 1 atom stereocenters. The molecular weight excluding hydrogens is 360 g/mol. The van der Waals surface area contributed by atoms with E-state index < -0.39 is 18.5 Å². The van der Waals surface area contributed by atoms with Gasteiger partial charge in [0.2, 0.25) is 0 Å². The summed E-state index contributed by atoms with van der Waals surface area (Å²) in [7, 11) is 0. The van der Waals surface area contributed by atoms with Crippen LogP contribution in [-0.2, 0) is 19.7 Å². The number of ether oxygens (including phenoxy) is 1. The van der Waals surface area contributed by atoms with Crippen LogP contribution in [0.5, 0.6) is 0 Å². The summed E-state index contributed by atoms with van der Waals surface area (Å²) in [5.41, 5.74) is 1.55. The second-order valence-corrected chi connectivity index (χ2v) is 7.48. The van der Waals surface area contributed by atoms with Crippen LogP contribution in [0.25, 0.3) is 0 Å². The molecule has 2 aromatic rings. The Morgan fingerprint density at radius 1 is 1.11 bits per heavy atom. The van der Waals surface area contributed by atoms with Crippen molar-refractivity contribution in [3.63, 3.8) is 0 Å². The van der Waals surface area contributed by atoms with E-state index in [4.69, 9.17) is 9.15 Å². The predicted molar refractivity (Wildman–Crippen MR) is 104 cm³/mol. The molecule has 0 saturated heterocycles. The predicted octanol–water partition coefficient (Wildman–Crippen LogP) is 2.73. The molecule has 0 aliphatic rings. The van der Waals surface area contributed by atoms with Crippen LogP contribution in [-0.4, -0.2) is 30.9 Å². The first-order chi connectivity index (χ1) is 13.2. The zero-order chi connectivity index (χ0) is 20.7. The minimum atomic E-state index is -0.694. The molecule has 0 saturated carbocycles. The molecule has 0 spiro atoms. The Labute approximate surface area is 164 Å². The van der Waals surface area contributed by atoms with E-state index in [9.17, 15) is 14.4 Å². The maximum absolute atomic E-state index is 12.1. The highest BCUT2D eigenvalue weighted by molar-refractivity contribution is 5.96. The number of esters is 1. The van der Waals surface area contributed by atoms with Crippen molar-refractivity contribution in [1.29, 1.82) is 0 Å². The first-order valence-corrected chi connectivity index (χ1v) is 9.04. The summed E-state index contributed by atoms with van der Waals surface area (Å²) in [6, 6.07) is 10.3. The van der Waals surface area contributed by atoms with E-state index >= 15 is 0 Å². The van der Waals surface area contributed by atoms with Crippen molar-refractivity contribution >= 4 is 17.8 Å². The van der Waals surface area contributed by atoms with Gasteiger partial charge in [-0.15, -0.1) is 0 Å². The second kappa shape index (κ2) is 9.21. The smallest absolute Gasteiger partial charge is 0.325 e. The van der Waals surface area contributed by atoms with Crippen molar-refractivity contribution in [2.24, 2.45) is 0 Å². The lowest BCUT2D eigenvalue weighted by atomic mass is 9.87.